The first kappa shape index (κ1) is 24.6. The third-order valence-electron chi connectivity index (χ3n) is 6.29. The maximum atomic E-state index is 12.7. The zero-order valence-corrected chi connectivity index (χ0v) is 19.7. The first-order valence-electron chi connectivity index (χ1n) is 11.2. The normalized spacial score (nSPS) is 19.6. The summed E-state index contributed by atoms with van der Waals surface area (Å²) < 4.78 is 48.5. The van der Waals surface area contributed by atoms with Gasteiger partial charge >= 0.3 is 12.1 Å². The van der Waals surface area contributed by atoms with Crippen LogP contribution in [0.15, 0.2) is 30.6 Å². The summed E-state index contributed by atoms with van der Waals surface area (Å²) in [5.74, 6) is 0.159. The molecular weight excluding hydrogens is 463 g/mol. The van der Waals surface area contributed by atoms with Crippen LogP contribution < -0.4 is 15.8 Å². The van der Waals surface area contributed by atoms with Gasteiger partial charge in [-0.2, -0.15) is 13.2 Å². The van der Waals surface area contributed by atoms with Crippen molar-refractivity contribution >= 4 is 28.4 Å². The maximum absolute atomic E-state index is 12.7. The molecule has 35 heavy (non-hydrogen) atoms. The lowest BCUT2D eigenvalue weighted by Gasteiger charge is -2.27. The fraction of sp³-hybridized carbons (Fsp3) is 0.417. The van der Waals surface area contributed by atoms with Crippen molar-refractivity contribution in [1.29, 1.82) is 0 Å². The van der Waals surface area contributed by atoms with Gasteiger partial charge in [-0.1, -0.05) is 13.8 Å². The Kier molecular flexibility index (Phi) is 6.31. The van der Waals surface area contributed by atoms with Gasteiger partial charge in [0.1, 0.15) is 17.7 Å². The molecule has 11 heteroatoms. The van der Waals surface area contributed by atoms with E-state index in [0.717, 1.165) is 0 Å². The van der Waals surface area contributed by atoms with E-state index in [-0.39, 0.29) is 17.9 Å². The van der Waals surface area contributed by atoms with Gasteiger partial charge < -0.3 is 20.5 Å². The Bertz CT molecular complexity index is 1280. The van der Waals surface area contributed by atoms with Crippen LogP contribution in [0.25, 0.3) is 10.8 Å². The Morgan fingerprint density at radius 1 is 1.14 bits per heavy atom. The summed E-state index contributed by atoms with van der Waals surface area (Å²) >= 11 is 0. The Labute approximate surface area is 200 Å². The SMILES string of the molecule is CC[C@@](C)(N)c1cnc(OCC(F)(F)F)c2cnc(Nc3ccc4c(n3)[C@@H](C)[C@H](C)OC4=O)cc12. The van der Waals surface area contributed by atoms with Gasteiger partial charge in [-0.25, -0.2) is 19.7 Å². The van der Waals surface area contributed by atoms with Crippen LogP contribution in [-0.4, -0.2) is 39.8 Å². The Morgan fingerprint density at radius 3 is 2.57 bits per heavy atom. The molecule has 186 valence electrons. The summed E-state index contributed by atoms with van der Waals surface area (Å²) in [6, 6.07) is 4.96. The Balaban J connectivity index is 1.74. The fourth-order valence-corrected chi connectivity index (χ4v) is 3.84. The van der Waals surface area contributed by atoms with Crippen LogP contribution in [0.4, 0.5) is 24.8 Å². The third-order valence-corrected chi connectivity index (χ3v) is 6.29. The number of hydrogen-bond acceptors (Lipinski definition) is 8. The number of fused-ring (bicyclic) bond motifs is 2. The highest BCUT2D eigenvalue weighted by Crippen LogP contribution is 2.35. The molecule has 0 amide bonds. The number of rotatable bonds is 6. The van der Waals surface area contributed by atoms with Gasteiger partial charge in [0.25, 0.3) is 0 Å². The maximum Gasteiger partial charge on any atom is 0.422 e. The lowest BCUT2D eigenvalue weighted by molar-refractivity contribution is -0.153. The Morgan fingerprint density at radius 2 is 1.89 bits per heavy atom. The standard InChI is InChI=1S/C24H26F3N5O3/c1-5-23(4,28)17-10-30-21(34-11-24(25,26)27)16-9-29-19(8-15(16)17)31-18-7-6-14-20(32-18)12(2)13(3)35-22(14)33/h6-10,12-13H,5,11,28H2,1-4H3,(H,29,31,32)/t12-,13-,23+/m0/s1. The number of pyridine rings is 3. The van der Waals surface area contributed by atoms with Crippen LogP contribution in [0.5, 0.6) is 5.88 Å². The molecular formula is C24H26F3N5O3. The largest absolute Gasteiger partial charge is 0.468 e. The monoisotopic (exact) mass is 489 g/mol. The Hall–Kier alpha value is -3.47. The number of hydrogen-bond donors (Lipinski definition) is 2. The minimum Gasteiger partial charge on any atom is -0.468 e. The van der Waals surface area contributed by atoms with Gasteiger partial charge in [-0.3, -0.25) is 0 Å². The number of anilines is 2. The van der Waals surface area contributed by atoms with Gasteiger partial charge in [0.15, 0.2) is 6.61 Å². The zero-order valence-electron chi connectivity index (χ0n) is 19.7. The van der Waals surface area contributed by atoms with Crippen molar-refractivity contribution in [2.45, 2.75) is 57.9 Å². The van der Waals surface area contributed by atoms with Crippen molar-refractivity contribution < 1.29 is 27.4 Å². The number of nitrogens with two attached hydrogens (primary N) is 1. The number of carbonyl (C=O) groups excluding carboxylic acids is 1. The van der Waals surface area contributed by atoms with Crippen LogP contribution in [-0.2, 0) is 10.3 Å². The molecule has 1 aliphatic rings. The molecule has 0 fully saturated rings. The van der Waals surface area contributed by atoms with Crippen LogP contribution in [0, 0.1) is 0 Å². The molecule has 3 aromatic heterocycles. The number of nitrogens with one attached hydrogen (secondary N) is 1. The van der Waals surface area contributed by atoms with Gasteiger partial charge in [0.05, 0.1) is 16.6 Å². The smallest absolute Gasteiger partial charge is 0.422 e. The third kappa shape index (κ3) is 5.00. The molecule has 0 saturated carbocycles. The summed E-state index contributed by atoms with van der Waals surface area (Å²) in [6.45, 7) is 5.99. The van der Waals surface area contributed by atoms with Crippen molar-refractivity contribution in [3.63, 3.8) is 0 Å². The van der Waals surface area contributed by atoms with Gasteiger partial charge in [-0.05, 0) is 49.4 Å². The highest BCUT2D eigenvalue weighted by Gasteiger charge is 2.32. The molecule has 4 rings (SSSR count). The molecule has 4 heterocycles. The summed E-state index contributed by atoms with van der Waals surface area (Å²) in [6.07, 6.45) is -1.42. The molecule has 1 aliphatic heterocycles. The fourth-order valence-electron chi connectivity index (χ4n) is 3.84. The van der Waals surface area contributed by atoms with Crippen molar-refractivity contribution in [3.8, 4) is 5.88 Å². The second-order valence-electron chi connectivity index (χ2n) is 8.92. The molecule has 0 bridgehead atoms. The van der Waals surface area contributed by atoms with Crippen molar-refractivity contribution in [3.05, 3.63) is 47.4 Å². The number of esters is 1. The van der Waals surface area contributed by atoms with Gasteiger partial charge in [0.2, 0.25) is 5.88 Å². The molecule has 0 radical (unpaired) electrons. The molecule has 0 spiro atoms. The highest BCUT2D eigenvalue weighted by atomic mass is 19.4. The molecule has 3 atom stereocenters. The van der Waals surface area contributed by atoms with Crippen LogP contribution in [0.3, 0.4) is 0 Å². The van der Waals surface area contributed by atoms with Crippen molar-refractivity contribution in [1.82, 2.24) is 15.0 Å². The van der Waals surface area contributed by atoms with Gasteiger partial charge in [-0.15, -0.1) is 0 Å². The number of alkyl halides is 3. The number of ether oxygens (including phenoxy) is 2. The lowest BCUT2D eigenvalue weighted by Crippen LogP contribution is -2.32. The molecule has 8 nitrogen and oxygen atoms in total. The summed E-state index contributed by atoms with van der Waals surface area (Å²) in [5, 5.41) is 3.98. The molecule has 0 saturated heterocycles. The van der Waals surface area contributed by atoms with E-state index in [0.29, 0.717) is 45.6 Å². The van der Waals surface area contributed by atoms with Crippen LogP contribution >= 0.6 is 0 Å². The summed E-state index contributed by atoms with van der Waals surface area (Å²) in [4.78, 5) is 25.2. The average molecular weight is 489 g/mol. The topological polar surface area (TPSA) is 112 Å². The van der Waals surface area contributed by atoms with E-state index in [1.54, 1.807) is 18.2 Å². The molecule has 0 aromatic carbocycles. The van der Waals surface area contributed by atoms with Crippen molar-refractivity contribution in [2.24, 2.45) is 5.73 Å². The first-order valence-corrected chi connectivity index (χ1v) is 11.2. The minimum atomic E-state index is -4.51. The van der Waals surface area contributed by atoms with E-state index >= 15 is 0 Å². The minimum absolute atomic E-state index is 0.0949. The van der Waals surface area contributed by atoms with E-state index < -0.39 is 24.3 Å². The quantitative estimate of drug-likeness (QED) is 0.468. The summed E-state index contributed by atoms with van der Waals surface area (Å²) in [7, 11) is 0. The molecule has 0 aliphatic carbocycles. The predicted molar refractivity (Wildman–Crippen MR) is 124 cm³/mol. The van der Waals surface area contributed by atoms with Crippen LogP contribution in [0.2, 0.25) is 0 Å². The lowest BCUT2D eigenvalue weighted by atomic mass is 9.88. The number of cyclic esters (lactones) is 1. The number of nitrogens with zero attached hydrogens (tertiary/aromatic N) is 3. The first-order chi connectivity index (χ1) is 16.4. The zero-order chi connectivity index (χ0) is 25.5. The predicted octanol–water partition coefficient (Wildman–Crippen LogP) is 4.96. The van der Waals surface area contributed by atoms with E-state index in [1.165, 1.54) is 12.4 Å². The number of carbonyl (C=O) groups is 1. The number of aromatic nitrogens is 3. The second-order valence-corrected chi connectivity index (χ2v) is 8.92. The average Bonchev–Trinajstić information content (AvgIpc) is 2.80. The van der Waals surface area contributed by atoms with E-state index in [1.807, 2.05) is 27.7 Å². The van der Waals surface area contributed by atoms with E-state index in [9.17, 15) is 18.0 Å². The summed E-state index contributed by atoms with van der Waals surface area (Å²) in [5.41, 5.74) is 7.34. The second kappa shape index (κ2) is 8.95. The van der Waals surface area contributed by atoms with Gasteiger partial charge in [0, 0.05) is 23.9 Å². The van der Waals surface area contributed by atoms with Crippen LogP contribution in [0.1, 0.15) is 61.6 Å². The van der Waals surface area contributed by atoms with E-state index in [2.05, 4.69) is 20.3 Å². The number of halogens is 3. The van der Waals surface area contributed by atoms with E-state index in [4.69, 9.17) is 15.2 Å². The molecule has 3 aromatic rings. The molecule has 0 unspecified atom stereocenters. The van der Waals surface area contributed by atoms with Crippen molar-refractivity contribution in [2.75, 3.05) is 11.9 Å². The highest BCUT2D eigenvalue weighted by molar-refractivity contribution is 5.93. The molecule has 3 N–H and O–H groups in total.